The standard InChI is InChI=1S/C18H26N2O4S/c1-12-11-18(3,13(12)2)16(23)24-10-6-4-5-7-15(22)20-9-8-14(21)19-17(20)25/h8-9,12-13H,4-7,10-11H2,1-3H3,(H,19,21,25). The molecule has 1 aliphatic rings. The van der Waals surface area contributed by atoms with Crippen LogP contribution < -0.4 is 5.56 Å². The van der Waals surface area contributed by atoms with Crippen molar-refractivity contribution in [3.63, 3.8) is 0 Å². The van der Waals surface area contributed by atoms with Crippen LogP contribution in [-0.4, -0.2) is 28.0 Å². The van der Waals surface area contributed by atoms with E-state index >= 15 is 0 Å². The van der Waals surface area contributed by atoms with Gasteiger partial charge in [0.2, 0.25) is 5.91 Å². The minimum Gasteiger partial charge on any atom is -0.465 e. The molecule has 25 heavy (non-hydrogen) atoms. The highest BCUT2D eigenvalue weighted by atomic mass is 32.1. The van der Waals surface area contributed by atoms with E-state index in [1.165, 1.54) is 16.8 Å². The van der Waals surface area contributed by atoms with Crippen molar-refractivity contribution >= 4 is 24.1 Å². The van der Waals surface area contributed by atoms with Crippen LogP contribution in [0.3, 0.4) is 0 Å². The monoisotopic (exact) mass is 366 g/mol. The summed E-state index contributed by atoms with van der Waals surface area (Å²) in [5.41, 5.74) is -0.657. The van der Waals surface area contributed by atoms with Crippen LogP contribution in [0, 0.1) is 22.0 Å². The van der Waals surface area contributed by atoms with E-state index < -0.39 is 0 Å². The molecular weight excluding hydrogens is 340 g/mol. The molecule has 0 aliphatic heterocycles. The third-order valence-corrected chi connectivity index (χ3v) is 5.73. The van der Waals surface area contributed by atoms with Crippen molar-refractivity contribution in [2.45, 2.75) is 52.9 Å². The van der Waals surface area contributed by atoms with Crippen LogP contribution in [0.15, 0.2) is 17.1 Å². The smallest absolute Gasteiger partial charge is 0.312 e. The highest BCUT2D eigenvalue weighted by molar-refractivity contribution is 7.71. The van der Waals surface area contributed by atoms with Gasteiger partial charge in [0.05, 0.1) is 12.0 Å². The number of ether oxygens (including phenoxy) is 1. The van der Waals surface area contributed by atoms with Gasteiger partial charge in [-0.1, -0.05) is 13.8 Å². The quantitative estimate of drug-likeness (QED) is 0.455. The van der Waals surface area contributed by atoms with Crippen LogP contribution in [0.2, 0.25) is 0 Å². The van der Waals surface area contributed by atoms with Crippen molar-refractivity contribution < 1.29 is 14.3 Å². The first-order chi connectivity index (χ1) is 11.8. The van der Waals surface area contributed by atoms with Gasteiger partial charge in [0.15, 0.2) is 4.77 Å². The summed E-state index contributed by atoms with van der Waals surface area (Å²) in [6.07, 6.45) is 4.82. The number of carbonyl (C=O) groups is 2. The lowest BCUT2D eigenvalue weighted by Crippen LogP contribution is -2.49. The first-order valence-corrected chi connectivity index (χ1v) is 9.19. The van der Waals surface area contributed by atoms with Crippen LogP contribution in [0.4, 0.5) is 0 Å². The molecule has 0 spiro atoms. The molecule has 0 aromatic carbocycles. The number of carbonyl (C=O) groups excluding carboxylic acids is 2. The van der Waals surface area contributed by atoms with Gasteiger partial charge < -0.3 is 4.74 Å². The number of hydrogen-bond donors (Lipinski definition) is 1. The molecule has 1 aromatic rings. The van der Waals surface area contributed by atoms with Gasteiger partial charge in [-0.2, -0.15) is 0 Å². The second-order valence-corrected chi connectivity index (χ2v) is 7.59. The Balaban J connectivity index is 1.65. The summed E-state index contributed by atoms with van der Waals surface area (Å²) < 4.78 is 6.80. The minimum atomic E-state index is -0.337. The average molecular weight is 366 g/mol. The number of rotatable bonds is 7. The molecule has 1 fully saturated rings. The van der Waals surface area contributed by atoms with E-state index in [1.54, 1.807) is 0 Å². The van der Waals surface area contributed by atoms with Gasteiger partial charge in [0, 0.05) is 18.7 Å². The first kappa shape index (κ1) is 19.6. The van der Waals surface area contributed by atoms with Crippen LogP contribution in [0.5, 0.6) is 0 Å². The SMILES string of the molecule is CC1CC(C)(C(=O)OCCCCCC(=O)n2ccc(=O)[nH]c2=S)C1C. The van der Waals surface area contributed by atoms with Crippen molar-refractivity contribution in [3.8, 4) is 0 Å². The van der Waals surface area contributed by atoms with Crippen LogP contribution in [0.25, 0.3) is 0 Å². The Kier molecular flexibility index (Phi) is 6.32. The fourth-order valence-electron chi connectivity index (χ4n) is 3.39. The molecule has 0 saturated heterocycles. The fourth-order valence-corrected chi connectivity index (χ4v) is 3.65. The van der Waals surface area contributed by atoms with E-state index in [-0.39, 0.29) is 27.6 Å². The van der Waals surface area contributed by atoms with Crippen molar-refractivity contribution in [3.05, 3.63) is 27.4 Å². The van der Waals surface area contributed by atoms with Gasteiger partial charge in [-0.25, -0.2) is 0 Å². The molecule has 138 valence electrons. The number of nitrogens with one attached hydrogen (secondary N) is 1. The fraction of sp³-hybridized carbons (Fsp3) is 0.667. The van der Waals surface area contributed by atoms with E-state index in [0.717, 1.165) is 19.3 Å². The predicted molar refractivity (Wildman–Crippen MR) is 97.0 cm³/mol. The Morgan fingerprint density at radius 1 is 1.36 bits per heavy atom. The maximum absolute atomic E-state index is 12.2. The van der Waals surface area contributed by atoms with Crippen molar-refractivity contribution in [1.82, 2.24) is 9.55 Å². The molecule has 7 heteroatoms. The lowest BCUT2D eigenvalue weighted by molar-refractivity contribution is -0.170. The molecule has 1 aliphatic carbocycles. The molecule has 3 unspecified atom stereocenters. The van der Waals surface area contributed by atoms with E-state index in [0.29, 0.717) is 31.3 Å². The maximum Gasteiger partial charge on any atom is 0.312 e. The Hall–Kier alpha value is -1.76. The van der Waals surface area contributed by atoms with Gasteiger partial charge in [-0.3, -0.25) is 23.9 Å². The number of hydrogen-bond acceptors (Lipinski definition) is 5. The molecule has 0 bridgehead atoms. The minimum absolute atomic E-state index is 0.103. The zero-order chi connectivity index (χ0) is 18.6. The number of aromatic nitrogens is 2. The molecule has 1 N–H and O–H groups in total. The van der Waals surface area contributed by atoms with Crippen LogP contribution >= 0.6 is 12.2 Å². The average Bonchev–Trinajstić information content (AvgIpc) is 2.57. The summed E-state index contributed by atoms with van der Waals surface area (Å²) in [7, 11) is 0. The molecule has 1 aromatic heterocycles. The maximum atomic E-state index is 12.2. The van der Waals surface area contributed by atoms with Crippen molar-refractivity contribution in [1.29, 1.82) is 0 Å². The van der Waals surface area contributed by atoms with Crippen molar-refractivity contribution in [2.24, 2.45) is 17.3 Å². The third-order valence-electron chi connectivity index (χ3n) is 5.43. The van der Waals surface area contributed by atoms with Crippen molar-refractivity contribution in [2.75, 3.05) is 6.61 Å². The van der Waals surface area contributed by atoms with E-state index in [1.807, 2.05) is 6.92 Å². The lowest BCUT2D eigenvalue weighted by atomic mass is 9.56. The molecule has 3 atom stereocenters. The van der Waals surface area contributed by atoms with Gasteiger partial charge in [0.1, 0.15) is 0 Å². The third kappa shape index (κ3) is 4.45. The van der Waals surface area contributed by atoms with Crippen LogP contribution in [0.1, 0.15) is 57.7 Å². The molecule has 6 nitrogen and oxygen atoms in total. The number of nitrogens with zero attached hydrogens (tertiary/aromatic N) is 1. The summed E-state index contributed by atoms with van der Waals surface area (Å²) in [6.45, 7) is 6.63. The molecule has 0 amide bonds. The molecule has 0 radical (unpaired) electrons. The number of aromatic amines is 1. The summed E-state index contributed by atoms with van der Waals surface area (Å²) >= 11 is 4.96. The summed E-state index contributed by atoms with van der Waals surface area (Å²) in [6, 6.07) is 1.27. The second kappa shape index (κ2) is 8.08. The second-order valence-electron chi connectivity index (χ2n) is 7.21. The summed E-state index contributed by atoms with van der Waals surface area (Å²) in [5.74, 6) is 0.680. The van der Waals surface area contributed by atoms with Gasteiger partial charge >= 0.3 is 5.97 Å². The Morgan fingerprint density at radius 3 is 2.68 bits per heavy atom. The van der Waals surface area contributed by atoms with E-state index in [9.17, 15) is 14.4 Å². The lowest BCUT2D eigenvalue weighted by Gasteiger charge is -2.48. The number of H-pyrrole nitrogens is 1. The van der Waals surface area contributed by atoms with Gasteiger partial charge in [0.25, 0.3) is 5.56 Å². The highest BCUT2D eigenvalue weighted by Gasteiger charge is 2.51. The van der Waals surface area contributed by atoms with Crippen LogP contribution in [-0.2, 0) is 9.53 Å². The topological polar surface area (TPSA) is 81.2 Å². The molecule has 1 heterocycles. The first-order valence-electron chi connectivity index (χ1n) is 8.78. The zero-order valence-electron chi connectivity index (χ0n) is 15.0. The Bertz CT molecular complexity index is 754. The molecular formula is C18H26N2O4S. The summed E-state index contributed by atoms with van der Waals surface area (Å²) in [4.78, 5) is 37.7. The largest absolute Gasteiger partial charge is 0.465 e. The normalized spacial score (nSPS) is 25.2. The van der Waals surface area contributed by atoms with Gasteiger partial charge in [-0.05, 0) is 56.7 Å². The Morgan fingerprint density at radius 2 is 2.08 bits per heavy atom. The molecule has 1 saturated carbocycles. The number of esters is 1. The summed E-state index contributed by atoms with van der Waals surface area (Å²) in [5, 5.41) is 0. The van der Waals surface area contributed by atoms with Gasteiger partial charge in [-0.15, -0.1) is 0 Å². The zero-order valence-corrected chi connectivity index (χ0v) is 15.9. The van der Waals surface area contributed by atoms with E-state index in [2.05, 4.69) is 18.8 Å². The molecule has 2 rings (SSSR count). The van der Waals surface area contributed by atoms with E-state index in [4.69, 9.17) is 17.0 Å². The number of unbranched alkanes of at least 4 members (excludes halogenated alkanes) is 2. The highest BCUT2D eigenvalue weighted by Crippen LogP contribution is 2.51. The predicted octanol–water partition coefficient (Wildman–Crippen LogP) is 3.33. The Labute approximate surface area is 152 Å².